The van der Waals surface area contributed by atoms with Gasteiger partial charge in [0.2, 0.25) is 0 Å². The minimum absolute atomic E-state index is 0.300. The van der Waals surface area contributed by atoms with Crippen molar-refractivity contribution in [2.45, 2.75) is 0 Å². The van der Waals surface area contributed by atoms with E-state index in [1.54, 1.807) is 12.1 Å². The van der Waals surface area contributed by atoms with Crippen molar-refractivity contribution in [3.05, 3.63) is 50.2 Å². The third-order valence-electron chi connectivity index (χ3n) is 1.99. The van der Waals surface area contributed by atoms with Crippen LogP contribution in [0.2, 0.25) is 5.02 Å². The third kappa shape index (κ3) is 3.18. The zero-order chi connectivity index (χ0) is 12.4. The summed E-state index contributed by atoms with van der Waals surface area (Å²) < 4.78 is 14.3. The Kier molecular flexibility index (Phi) is 4.01. The van der Waals surface area contributed by atoms with Crippen LogP contribution in [-0.2, 0) is 0 Å². The normalized spacial score (nSPS) is 10.4. The fourth-order valence-electron chi connectivity index (χ4n) is 1.22. The van der Waals surface area contributed by atoms with Crippen molar-refractivity contribution in [3.8, 4) is 0 Å². The van der Waals surface area contributed by atoms with E-state index in [0.717, 1.165) is 10.2 Å². The molecular weight excluding hydrogens is 374 g/mol. The molecule has 1 N–H and O–H groups in total. The Hall–Kier alpha value is -0.650. The topological polar surface area (TPSA) is 24.9 Å². The molecule has 1 heterocycles. The summed E-state index contributed by atoms with van der Waals surface area (Å²) in [5.41, 5.74) is 0.724. The number of hydrogen-bond donors (Lipinski definition) is 1. The monoisotopic (exact) mass is 378 g/mol. The second-order valence-corrected chi connectivity index (χ2v) is 5.38. The third-order valence-corrected chi connectivity index (χ3v) is 3.46. The molecule has 1 aromatic heterocycles. The first kappa shape index (κ1) is 12.8. The van der Waals surface area contributed by atoms with Gasteiger partial charge in [-0.15, -0.1) is 0 Å². The molecule has 6 heteroatoms. The Labute approximate surface area is 119 Å². The van der Waals surface area contributed by atoms with Gasteiger partial charge in [-0.25, -0.2) is 9.37 Å². The quantitative estimate of drug-likeness (QED) is 0.780. The Morgan fingerprint density at radius 2 is 1.94 bits per heavy atom. The lowest BCUT2D eigenvalue weighted by Crippen LogP contribution is -1.95. The maximum absolute atomic E-state index is 12.9. The summed E-state index contributed by atoms with van der Waals surface area (Å²) in [5.74, 6) is 0.312. The van der Waals surface area contributed by atoms with Gasteiger partial charge < -0.3 is 5.32 Å². The van der Waals surface area contributed by atoms with Gasteiger partial charge in [-0.3, -0.25) is 0 Å². The first-order valence-electron chi connectivity index (χ1n) is 4.59. The van der Waals surface area contributed by atoms with Crippen LogP contribution in [-0.4, -0.2) is 4.98 Å². The Morgan fingerprint density at radius 3 is 2.59 bits per heavy atom. The summed E-state index contributed by atoms with van der Waals surface area (Å²) in [5, 5.41) is 3.61. The first-order valence-corrected chi connectivity index (χ1v) is 6.56. The zero-order valence-electron chi connectivity index (χ0n) is 8.35. The molecule has 0 saturated heterocycles. The second-order valence-electron chi connectivity index (χ2n) is 3.23. The van der Waals surface area contributed by atoms with E-state index in [2.05, 4.69) is 42.2 Å². The van der Waals surface area contributed by atoms with Crippen LogP contribution >= 0.6 is 43.5 Å². The predicted molar refractivity (Wildman–Crippen MR) is 74.3 cm³/mol. The largest absolute Gasteiger partial charge is 0.338 e. The molecule has 0 bridgehead atoms. The molecule has 0 saturated carbocycles. The lowest BCUT2D eigenvalue weighted by molar-refractivity contribution is 0.627. The lowest BCUT2D eigenvalue weighted by atomic mass is 10.3. The number of rotatable bonds is 2. The van der Waals surface area contributed by atoms with E-state index in [0.29, 0.717) is 15.3 Å². The average molecular weight is 380 g/mol. The maximum Gasteiger partial charge on any atom is 0.144 e. The van der Waals surface area contributed by atoms with Gasteiger partial charge in [0.25, 0.3) is 0 Å². The molecule has 2 rings (SSSR count). The molecule has 0 amide bonds. The van der Waals surface area contributed by atoms with Crippen molar-refractivity contribution in [2.75, 3.05) is 5.32 Å². The highest BCUT2D eigenvalue weighted by Gasteiger charge is 2.06. The summed E-state index contributed by atoms with van der Waals surface area (Å²) in [6.45, 7) is 0. The molecule has 1 aromatic carbocycles. The second kappa shape index (κ2) is 5.33. The molecule has 88 valence electrons. The van der Waals surface area contributed by atoms with E-state index >= 15 is 0 Å². The van der Waals surface area contributed by atoms with Crippen LogP contribution in [0.3, 0.4) is 0 Å². The highest BCUT2D eigenvalue weighted by Crippen LogP contribution is 2.30. The van der Waals surface area contributed by atoms with Crippen molar-refractivity contribution in [1.82, 2.24) is 4.98 Å². The number of aromatic nitrogens is 1. The van der Waals surface area contributed by atoms with E-state index in [1.165, 1.54) is 18.3 Å². The van der Waals surface area contributed by atoms with Crippen molar-refractivity contribution in [2.24, 2.45) is 0 Å². The number of halogens is 4. The van der Waals surface area contributed by atoms with Crippen molar-refractivity contribution >= 4 is 55.0 Å². The van der Waals surface area contributed by atoms with Crippen LogP contribution in [0.4, 0.5) is 15.9 Å². The predicted octanol–water partition coefficient (Wildman–Crippen LogP) is 5.14. The number of pyridine rings is 1. The van der Waals surface area contributed by atoms with Gasteiger partial charge in [0.15, 0.2) is 0 Å². The zero-order valence-corrected chi connectivity index (χ0v) is 12.3. The van der Waals surface area contributed by atoms with Gasteiger partial charge in [-0.2, -0.15) is 0 Å². The highest BCUT2D eigenvalue weighted by molar-refractivity contribution is 9.11. The van der Waals surface area contributed by atoms with Gasteiger partial charge in [0.05, 0.1) is 15.2 Å². The number of benzene rings is 1. The molecule has 0 unspecified atom stereocenters. The van der Waals surface area contributed by atoms with E-state index in [9.17, 15) is 4.39 Å². The summed E-state index contributed by atoms with van der Waals surface area (Å²) >= 11 is 12.4. The minimum atomic E-state index is -0.300. The number of hydrogen-bond acceptors (Lipinski definition) is 2. The molecule has 2 aromatic rings. The van der Waals surface area contributed by atoms with Crippen molar-refractivity contribution in [1.29, 1.82) is 0 Å². The summed E-state index contributed by atoms with van der Waals surface area (Å²) in [6, 6.07) is 6.11. The Morgan fingerprint density at radius 1 is 1.18 bits per heavy atom. The van der Waals surface area contributed by atoms with Crippen LogP contribution in [0, 0.1) is 5.82 Å². The van der Waals surface area contributed by atoms with Crippen molar-refractivity contribution in [3.63, 3.8) is 0 Å². The molecule has 2 nitrogen and oxygen atoms in total. The van der Waals surface area contributed by atoms with Gasteiger partial charge in [0.1, 0.15) is 11.6 Å². The van der Waals surface area contributed by atoms with E-state index in [1.807, 2.05) is 0 Å². The summed E-state index contributed by atoms with van der Waals surface area (Å²) in [7, 11) is 0. The summed E-state index contributed by atoms with van der Waals surface area (Å²) in [4.78, 5) is 4.13. The molecule has 0 radical (unpaired) electrons. The molecule has 0 fully saturated rings. The van der Waals surface area contributed by atoms with Crippen molar-refractivity contribution < 1.29 is 4.39 Å². The van der Waals surface area contributed by atoms with Crippen LogP contribution in [0.5, 0.6) is 0 Å². The van der Waals surface area contributed by atoms with Crippen LogP contribution < -0.4 is 5.32 Å². The maximum atomic E-state index is 12.9. The lowest BCUT2D eigenvalue weighted by Gasteiger charge is -2.09. The average Bonchev–Trinajstić information content (AvgIpc) is 2.25. The van der Waals surface area contributed by atoms with E-state index in [-0.39, 0.29) is 5.82 Å². The van der Waals surface area contributed by atoms with E-state index < -0.39 is 0 Å². The number of nitrogens with one attached hydrogen (secondary N) is 1. The molecule has 0 aliphatic carbocycles. The minimum Gasteiger partial charge on any atom is -0.338 e. The van der Waals surface area contributed by atoms with Crippen LogP contribution in [0.15, 0.2) is 39.4 Å². The van der Waals surface area contributed by atoms with Gasteiger partial charge in [0, 0.05) is 10.7 Å². The standard InChI is InChI=1S/C11H6Br2ClFN2/c12-8-4-7(15)1-2-10(8)17-11-9(13)3-6(14)5-16-11/h1-5H,(H,16,17). The fraction of sp³-hybridized carbons (Fsp3) is 0. The number of anilines is 2. The number of nitrogens with zero attached hydrogens (tertiary/aromatic N) is 1. The SMILES string of the molecule is Fc1ccc(Nc2ncc(Cl)cc2Br)c(Br)c1. The van der Waals surface area contributed by atoms with E-state index in [4.69, 9.17) is 11.6 Å². The Bertz CT molecular complexity index is 514. The molecule has 0 spiro atoms. The van der Waals surface area contributed by atoms with Gasteiger partial charge in [-0.05, 0) is 56.1 Å². The van der Waals surface area contributed by atoms with Gasteiger partial charge in [-0.1, -0.05) is 11.6 Å². The van der Waals surface area contributed by atoms with Gasteiger partial charge >= 0.3 is 0 Å². The highest BCUT2D eigenvalue weighted by atomic mass is 79.9. The smallest absolute Gasteiger partial charge is 0.144 e. The van der Waals surface area contributed by atoms with Crippen LogP contribution in [0.1, 0.15) is 0 Å². The summed E-state index contributed by atoms with van der Waals surface area (Å²) in [6.07, 6.45) is 1.53. The Balaban J connectivity index is 2.31. The molecule has 0 atom stereocenters. The molecule has 0 aliphatic rings. The van der Waals surface area contributed by atoms with Crippen LogP contribution in [0.25, 0.3) is 0 Å². The molecule has 0 aliphatic heterocycles. The fourth-order valence-corrected chi connectivity index (χ4v) is 2.41. The molecular formula is C11H6Br2ClFN2. The first-order chi connectivity index (χ1) is 8.06. The molecule has 17 heavy (non-hydrogen) atoms.